The normalized spacial score (nSPS) is 9.83. The van der Waals surface area contributed by atoms with Crippen LogP contribution in [0.15, 0.2) is 24.3 Å². The molecule has 90 valence electrons. The number of ether oxygens (including phenoxy) is 1. The van der Waals surface area contributed by atoms with Gasteiger partial charge in [-0.1, -0.05) is 23.7 Å². The van der Waals surface area contributed by atoms with Gasteiger partial charge < -0.3 is 4.74 Å². The van der Waals surface area contributed by atoms with Gasteiger partial charge in [-0.3, -0.25) is 5.10 Å². The van der Waals surface area contributed by atoms with Crippen LogP contribution >= 0.6 is 11.6 Å². The standard InChI is InChI=1S/C12H8ClN3O2/c1-18-12(17)9-4-2-3-8(11(9)13)10-5-7(6-14)15-16-10/h2-5H,1H3,(H,15,16). The minimum absolute atomic E-state index is 0.250. The van der Waals surface area contributed by atoms with E-state index in [-0.39, 0.29) is 10.6 Å². The number of nitrogens with zero attached hydrogens (tertiary/aromatic N) is 2. The van der Waals surface area contributed by atoms with Crippen LogP contribution < -0.4 is 0 Å². The zero-order valence-electron chi connectivity index (χ0n) is 9.40. The smallest absolute Gasteiger partial charge is 0.339 e. The minimum Gasteiger partial charge on any atom is -0.465 e. The lowest BCUT2D eigenvalue weighted by Gasteiger charge is -2.05. The highest BCUT2D eigenvalue weighted by molar-refractivity contribution is 6.36. The number of hydrogen-bond acceptors (Lipinski definition) is 4. The molecule has 0 bridgehead atoms. The molecule has 0 aliphatic carbocycles. The molecule has 2 rings (SSSR count). The summed E-state index contributed by atoms with van der Waals surface area (Å²) >= 11 is 6.13. The van der Waals surface area contributed by atoms with Gasteiger partial charge in [0.25, 0.3) is 0 Å². The molecular formula is C12H8ClN3O2. The third-order valence-corrected chi connectivity index (χ3v) is 2.79. The van der Waals surface area contributed by atoms with Crippen LogP contribution in [-0.2, 0) is 4.74 Å². The number of carbonyl (C=O) groups is 1. The number of methoxy groups -OCH3 is 1. The minimum atomic E-state index is -0.516. The molecule has 0 radical (unpaired) electrons. The summed E-state index contributed by atoms with van der Waals surface area (Å²) in [5.74, 6) is -0.516. The van der Waals surface area contributed by atoms with Crippen LogP contribution in [0.2, 0.25) is 5.02 Å². The largest absolute Gasteiger partial charge is 0.465 e. The van der Waals surface area contributed by atoms with Crippen molar-refractivity contribution in [2.45, 2.75) is 0 Å². The molecule has 0 saturated heterocycles. The van der Waals surface area contributed by atoms with E-state index in [1.807, 2.05) is 6.07 Å². The fourth-order valence-electron chi connectivity index (χ4n) is 1.51. The molecule has 5 nitrogen and oxygen atoms in total. The zero-order chi connectivity index (χ0) is 13.1. The Hall–Kier alpha value is -2.32. The summed E-state index contributed by atoms with van der Waals surface area (Å²) in [6.07, 6.45) is 0. The number of aromatic amines is 1. The predicted molar refractivity (Wildman–Crippen MR) is 65.1 cm³/mol. The van der Waals surface area contributed by atoms with Crippen LogP contribution in [0.4, 0.5) is 0 Å². The molecule has 0 unspecified atom stereocenters. The molecule has 18 heavy (non-hydrogen) atoms. The zero-order valence-corrected chi connectivity index (χ0v) is 10.2. The quantitative estimate of drug-likeness (QED) is 0.842. The number of carbonyl (C=O) groups excluding carboxylic acids is 1. The Labute approximate surface area is 108 Å². The highest BCUT2D eigenvalue weighted by Gasteiger charge is 2.16. The van der Waals surface area contributed by atoms with E-state index in [2.05, 4.69) is 14.9 Å². The second-order valence-corrected chi connectivity index (χ2v) is 3.82. The van der Waals surface area contributed by atoms with Gasteiger partial charge in [-0.2, -0.15) is 10.4 Å². The summed E-state index contributed by atoms with van der Waals surface area (Å²) in [7, 11) is 1.29. The second-order valence-electron chi connectivity index (χ2n) is 3.44. The van der Waals surface area contributed by atoms with Crippen molar-refractivity contribution < 1.29 is 9.53 Å². The first-order valence-electron chi connectivity index (χ1n) is 5.00. The molecule has 0 saturated carbocycles. The van der Waals surface area contributed by atoms with Gasteiger partial charge in [0, 0.05) is 11.6 Å². The van der Waals surface area contributed by atoms with Crippen molar-refractivity contribution >= 4 is 17.6 Å². The fourth-order valence-corrected chi connectivity index (χ4v) is 1.81. The Balaban J connectivity index is 2.52. The number of H-pyrrole nitrogens is 1. The van der Waals surface area contributed by atoms with Gasteiger partial charge in [-0.25, -0.2) is 4.79 Å². The number of nitrogens with one attached hydrogen (secondary N) is 1. The number of esters is 1. The van der Waals surface area contributed by atoms with Crippen LogP contribution in [0.25, 0.3) is 11.3 Å². The lowest BCUT2D eigenvalue weighted by molar-refractivity contribution is 0.0601. The van der Waals surface area contributed by atoms with Gasteiger partial charge >= 0.3 is 5.97 Å². The summed E-state index contributed by atoms with van der Waals surface area (Å²) in [6, 6.07) is 8.44. The van der Waals surface area contributed by atoms with Crippen molar-refractivity contribution in [3.05, 3.63) is 40.5 Å². The number of hydrogen-bond donors (Lipinski definition) is 1. The molecule has 0 aliphatic rings. The summed E-state index contributed by atoms with van der Waals surface area (Å²) in [6.45, 7) is 0. The van der Waals surface area contributed by atoms with Gasteiger partial charge in [0.1, 0.15) is 11.8 Å². The molecule has 0 amide bonds. The monoisotopic (exact) mass is 261 g/mol. The van der Waals surface area contributed by atoms with E-state index in [0.717, 1.165) is 0 Å². The van der Waals surface area contributed by atoms with Gasteiger partial charge in [0.15, 0.2) is 0 Å². The van der Waals surface area contributed by atoms with Gasteiger partial charge in [-0.05, 0) is 6.07 Å². The summed E-state index contributed by atoms with van der Waals surface area (Å²) in [5, 5.41) is 15.5. The maximum atomic E-state index is 11.5. The highest BCUT2D eigenvalue weighted by atomic mass is 35.5. The highest BCUT2D eigenvalue weighted by Crippen LogP contribution is 2.30. The molecule has 0 fully saturated rings. The Morgan fingerprint density at radius 3 is 2.94 bits per heavy atom. The fraction of sp³-hybridized carbons (Fsp3) is 0.0833. The van der Waals surface area contributed by atoms with Crippen molar-refractivity contribution in [2.75, 3.05) is 7.11 Å². The van der Waals surface area contributed by atoms with Crippen LogP contribution in [-0.4, -0.2) is 23.3 Å². The first-order valence-corrected chi connectivity index (χ1v) is 5.38. The maximum absolute atomic E-state index is 11.5. The van der Waals surface area contributed by atoms with Crippen molar-refractivity contribution in [2.24, 2.45) is 0 Å². The Bertz CT molecular complexity index is 643. The lowest BCUT2D eigenvalue weighted by atomic mass is 10.1. The first kappa shape index (κ1) is 12.1. The number of rotatable bonds is 2. The summed E-state index contributed by atoms with van der Waals surface area (Å²) < 4.78 is 4.63. The average Bonchev–Trinajstić information content (AvgIpc) is 2.86. The van der Waals surface area contributed by atoms with E-state index in [4.69, 9.17) is 16.9 Å². The first-order chi connectivity index (χ1) is 8.67. The van der Waals surface area contributed by atoms with Crippen LogP contribution in [0.3, 0.4) is 0 Å². The molecule has 2 aromatic rings. The molecule has 1 aromatic heterocycles. The Morgan fingerprint density at radius 2 is 2.33 bits per heavy atom. The van der Waals surface area contributed by atoms with Crippen molar-refractivity contribution in [1.29, 1.82) is 5.26 Å². The summed E-state index contributed by atoms with van der Waals surface area (Å²) in [4.78, 5) is 11.5. The number of benzene rings is 1. The number of nitriles is 1. The molecule has 1 heterocycles. The van der Waals surface area contributed by atoms with E-state index < -0.39 is 5.97 Å². The number of halogens is 1. The van der Waals surface area contributed by atoms with E-state index in [1.54, 1.807) is 24.3 Å². The van der Waals surface area contributed by atoms with Crippen LogP contribution in [0.5, 0.6) is 0 Å². The van der Waals surface area contributed by atoms with Crippen molar-refractivity contribution in [3.63, 3.8) is 0 Å². The third kappa shape index (κ3) is 2.06. The SMILES string of the molecule is COC(=O)c1cccc(-c2cc(C#N)[nH]n2)c1Cl. The maximum Gasteiger partial charge on any atom is 0.339 e. The van der Waals surface area contributed by atoms with Crippen molar-refractivity contribution in [1.82, 2.24) is 10.2 Å². The van der Waals surface area contributed by atoms with Gasteiger partial charge in [0.2, 0.25) is 0 Å². The van der Waals surface area contributed by atoms with Gasteiger partial charge in [-0.15, -0.1) is 0 Å². The number of aromatic nitrogens is 2. The molecular weight excluding hydrogens is 254 g/mol. The summed E-state index contributed by atoms with van der Waals surface area (Å²) in [5.41, 5.74) is 1.65. The molecule has 6 heteroatoms. The third-order valence-electron chi connectivity index (χ3n) is 2.38. The van der Waals surface area contributed by atoms with Crippen LogP contribution in [0.1, 0.15) is 16.1 Å². The van der Waals surface area contributed by atoms with Gasteiger partial charge in [0.05, 0.1) is 23.4 Å². The Kier molecular flexibility index (Phi) is 3.31. The van der Waals surface area contributed by atoms with Crippen molar-refractivity contribution in [3.8, 4) is 17.3 Å². The Morgan fingerprint density at radius 1 is 1.56 bits per heavy atom. The lowest BCUT2D eigenvalue weighted by Crippen LogP contribution is -2.02. The van der Waals surface area contributed by atoms with E-state index in [1.165, 1.54) is 7.11 Å². The molecule has 0 atom stereocenters. The van der Waals surface area contributed by atoms with Crippen LogP contribution in [0, 0.1) is 11.3 Å². The average molecular weight is 262 g/mol. The van der Waals surface area contributed by atoms with E-state index in [9.17, 15) is 4.79 Å². The topological polar surface area (TPSA) is 78.8 Å². The van der Waals surface area contributed by atoms with E-state index in [0.29, 0.717) is 17.0 Å². The molecule has 0 spiro atoms. The molecule has 1 aromatic carbocycles. The molecule has 0 aliphatic heterocycles. The van der Waals surface area contributed by atoms with E-state index >= 15 is 0 Å². The predicted octanol–water partition coefficient (Wildman–Crippen LogP) is 2.39. The second kappa shape index (κ2) is 4.90. The molecule has 1 N–H and O–H groups in total.